The van der Waals surface area contributed by atoms with Gasteiger partial charge in [0.05, 0.1) is 22.8 Å². The van der Waals surface area contributed by atoms with Gasteiger partial charge in [-0.1, -0.05) is 97.1 Å². The van der Waals surface area contributed by atoms with Crippen LogP contribution < -0.4 is 22.0 Å². The Labute approximate surface area is 265 Å². The largest absolute Gasteiger partial charge is 0.323 e. The minimum Gasteiger partial charge on any atom is -0.323 e. The molecular weight excluding hydrogens is 625 g/mol. The maximum absolute atomic E-state index is 13.4. The molecule has 0 saturated carbocycles. The fraction of sp³-hybridized carbons (Fsp3) is 0.125. The van der Waals surface area contributed by atoms with E-state index in [0.717, 1.165) is 0 Å². The minimum atomic E-state index is -4.31. The van der Waals surface area contributed by atoms with Crippen molar-refractivity contribution in [2.45, 2.75) is 22.3 Å². The Balaban J connectivity index is 1.45. The number of nitrogens with two attached hydrogens (primary N) is 4. The smallest absolute Gasteiger partial charge is 0.223 e. The van der Waals surface area contributed by atoms with E-state index in [9.17, 15) is 16.8 Å². The summed E-state index contributed by atoms with van der Waals surface area (Å²) < 4.78 is 50.0. The third kappa shape index (κ3) is 4.41. The molecule has 46 heavy (non-hydrogen) atoms. The lowest BCUT2D eigenvalue weighted by atomic mass is 9.75. The Hall–Kier alpha value is -5.02. The number of rotatable bonds is 5. The van der Waals surface area contributed by atoms with Crippen LogP contribution in [-0.2, 0) is 29.5 Å². The van der Waals surface area contributed by atoms with Gasteiger partial charge in [0.2, 0.25) is 20.0 Å². The van der Waals surface area contributed by atoms with E-state index in [1.165, 1.54) is 0 Å². The van der Waals surface area contributed by atoms with Crippen molar-refractivity contribution in [1.29, 1.82) is 10.8 Å². The summed E-state index contributed by atoms with van der Waals surface area (Å²) in [4.78, 5) is 0. The van der Waals surface area contributed by atoms with Gasteiger partial charge in [-0.15, -0.1) is 0 Å². The van der Waals surface area contributed by atoms with E-state index in [2.05, 4.69) is 10.2 Å². The molecule has 0 bridgehead atoms. The molecule has 12 nitrogen and oxygen atoms in total. The molecule has 2 aliphatic carbocycles. The van der Waals surface area contributed by atoms with E-state index < -0.39 is 29.5 Å². The maximum atomic E-state index is 13.4. The van der Waals surface area contributed by atoms with Crippen molar-refractivity contribution in [2.75, 3.05) is 0 Å². The van der Waals surface area contributed by atoms with Gasteiger partial charge in [0.25, 0.3) is 0 Å². The zero-order chi connectivity index (χ0) is 33.1. The van der Waals surface area contributed by atoms with E-state index in [1.54, 1.807) is 97.1 Å². The lowest BCUT2D eigenvalue weighted by Gasteiger charge is -2.38. The van der Waals surface area contributed by atoms with E-state index >= 15 is 0 Å². The van der Waals surface area contributed by atoms with Gasteiger partial charge in [-0.2, -0.15) is 10.2 Å². The van der Waals surface area contributed by atoms with Crippen molar-refractivity contribution in [3.63, 3.8) is 0 Å². The summed E-state index contributed by atoms with van der Waals surface area (Å²) in [5, 5.41) is 36.3. The van der Waals surface area contributed by atoms with E-state index in [4.69, 9.17) is 32.8 Å². The van der Waals surface area contributed by atoms with Crippen LogP contribution in [-0.4, -0.2) is 39.7 Å². The number of hydrogen-bond donors (Lipinski definition) is 6. The fourth-order valence-corrected chi connectivity index (χ4v) is 9.27. The molecule has 0 spiro atoms. The first-order chi connectivity index (χ1) is 21.8. The van der Waals surface area contributed by atoms with Gasteiger partial charge in [-0.3, -0.25) is 10.8 Å². The van der Waals surface area contributed by atoms with Crippen LogP contribution in [0.15, 0.2) is 107 Å². The quantitative estimate of drug-likeness (QED) is 0.139. The Morgan fingerprint density at radius 2 is 0.870 bits per heavy atom. The first kappa shape index (κ1) is 31.0. The fourth-order valence-electron chi connectivity index (χ4n) is 6.69. The maximum Gasteiger partial charge on any atom is 0.223 e. The molecule has 0 aliphatic heterocycles. The van der Waals surface area contributed by atoms with Gasteiger partial charge in [0, 0.05) is 24.0 Å². The van der Waals surface area contributed by atoms with Gasteiger partial charge in [0.15, 0.2) is 0 Å². The number of hydrogen-bond acceptors (Lipinski definition) is 10. The van der Waals surface area contributed by atoms with Crippen molar-refractivity contribution >= 4 is 42.9 Å². The van der Waals surface area contributed by atoms with E-state index in [-0.39, 0.29) is 35.7 Å². The summed E-state index contributed by atoms with van der Waals surface area (Å²) in [7, 11) is -8.61. The van der Waals surface area contributed by atoms with Crippen molar-refractivity contribution in [3.05, 3.63) is 130 Å². The van der Waals surface area contributed by atoms with Crippen LogP contribution in [0.1, 0.15) is 46.2 Å². The van der Waals surface area contributed by atoms with Gasteiger partial charge >= 0.3 is 0 Å². The minimum absolute atomic E-state index is 0.0358. The van der Waals surface area contributed by atoms with E-state index in [0.29, 0.717) is 44.5 Å². The average molecular weight is 655 g/mol. The van der Waals surface area contributed by atoms with Gasteiger partial charge < -0.3 is 11.7 Å². The Morgan fingerprint density at radius 3 is 1.17 bits per heavy atom. The summed E-state index contributed by atoms with van der Waals surface area (Å²) in [6.07, 6.45) is -0.427. The molecule has 0 radical (unpaired) electrons. The number of benzene rings is 4. The molecule has 2 aliphatic rings. The SMILES string of the molecule is N=C1/C(=N/N)CC(c2ccc(-c3ccc(C4(S(N)(=O)=O)C/C(=N\N)C(=N)c5ccccc54)cc3)cc2)(S(N)(=O)=O)c2ccccc21. The first-order valence-electron chi connectivity index (χ1n) is 14.0. The van der Waals surface area contributed by atoms with E-state index in [1.807, 2.05) is 0 Å². The number of hydrazone groups is 2. The highest BCUT2D eigenvalue weighted by atomic mass is 32.2. The molecule has 2 atom stereocenters. The van der Waals surface area contributed by atoms with Gasteiger partial charge in [-0.25, -0.2) is 27.1 Å². The lowest BCUT2D eigenvalue weighted by Crippen LogP contribution is -2.48. The number of primary sulfonamides is 2. The number of nitrogens with zero attached hydrogens (tertiary/aromatic N) is 2. The Bertz CT molecular complexity index is 2060. The van der Waals surface area contributed by atoms with Crippen LogP contribution in [0.4, 0.5) is 0 Å². The summed E-state index contributed by atoms with van der Waals surface area (Å²) >= 11 is 0. The topological polar surface area (TPSA) is 245 Å². The molecular formula is C32H30N8O4S2. The molecule has 4 aromatic carbocycles. The molecule has 0 saturated heterocycles. The number of fused-ring (bicyclic) bond motifs is 2. The predicted octanol–water partition coefficient (Wildman–Crippen LogP) is 2.59. The summed E-state index contributed by atoms with van der Waals surface area (Å²) in [5.74, 6) is 11.2. The van der Waals surface area contributed by atoms with Crippen LogP contribution in [0, 0.1) is 10.8 Å². The molecule has 0 heterocycles. The second kappa shape index (κ2) is 10.8. The normalized spacial score (nSPS) is 23.3. The van der Waals surface area contributed by atoms with Crippen LogP contribution in [0.3, 0.4) is 0 Å². The molecule has 6 rings (SSSR count). The van der Waals surface area contributed by atoms with Crippen molar-refractivity contribution < 1.29 is 16.8 Å². The second-order valence-electron chi connectivity index (χ2n) is 11.2. The van der Waals surface area contributed by atoms with Crippen LogP contribution in [0.5, 0.6) is 0 Å². The van der Waals surface area contributed by atoms with Crippen LogP contribution >= 0.6 is 0 Å². The predicted molar refractivity (Wildman–Crippen MR) is 179 cm³/mol. The Morgan fingerprint density at radius 1 is 0.543 bits per heavy atom. The standard InChI is InChI=1S/C32H30N8O4S2/c33-29-23-5-1-3-7-25(23)31(45(37,41)42,17-27(29)39-35)21-13-9-19(10-14-21)20-11-15-22(16-12-20)32(46(38,43)44)18-28(40-36)30(34)24-6-2-4-8-26(24)32/h1-16,33-34H,17-18,35-36H2,(H2,37,41,42)(H2,38,43,44)/b33-29?,34-30?,39-27+,40-28+. The zero-order valence-corrected chi connectivity index (χ0v) is 25.9. The zero-order valence-electron chi connectivity index (χ0n) is 24.3. The highest BCUT2D eigenvalue weighted by molar-refractivity contribution is 7.90. The molecule has 234 valence electrons. The lowest BCUT2D eigenvalue weighted by molar-refractivity contribution is 0.556. The highest BCUT2D eigenvalue weighted by Gasteiger charge is 2.52. The molecule has 2 unspecified atom stereocenters. The molecule has 0 fully saturated rings. The van der Waals surface area contributed by atoms with Crippen molar-refractivity contribution in [3.8, 4) is 11.1 Å². The second-order valence-corrected chi connectivity index (χ2v) is 14.8. The summed E-state index contributed by atoms with van der Waals surface area (Å²) in [6.45, 7) is 0. The number of sulfonamides is 2. The molecule has 4 aromatic rings. The van der Waals surface area contributed by atoms with Gasteiger partial charge in [-0.05, 0) is 33.4 Å². The third-order valence-electron chi connectivity index (χ3n) is 8.99. The molecule has 0 amide bonds. The molecule has 14 heteroatoms. The first-order valence-corrected chi connectivity index (χ1v) is 17.1. The Kier molecular flexibility index (Phi) is 7.28. The van der Waals surface area contributed by atoms with Crippen LogP contribution in [0.2, 0.25) is 0 Å². The molecule has 0 aromatic heterocycles. The summed E-state index contributed by atoms with van der Waals surface area (Å²) in [6, 6.07) is 26.9. The average Bonchev–Trinajstić information content (AvgIpc) is 3.05. The molecule has 10 N–H and O–H groups in total. The van der Waals surface area contributed by atoms with Crippen molar-refractivity contribution in [2.24, 2.45) is 32.2 Å². The monoisotopic (exact) mass is 654 g/mol. The highest BCUT2D eigenvalue weighted by Crippen LogP contribution is 2.47. The van der Waals surface area contributed by atoms with Crippen LogP contribution in [0.25, 0.3) is 11.1 Å². The summed E-state index contributed by atoms with van der Waals surface area (Å²) in [5.41, 5.74) is 3.94. The number of nitrogens with one attached hydrogen (secondary N) is 2. The third-order valence-corrected chi connectivity index (χ3v) is 12.1. The van der Waals surface area contributed by atoms with Crippen molar-refractivity contribution in [1.82, 2.24) is 0 Å². The van der Waals surface area contributed by atoms with Gasteiger partial charge in [0.1, 0.15) is 9.49 Å².